The molecule has 118 valence electrons. The highest BCUT2D eigenvalue weighted by molar-refractivity contribution is 7.99. The maximum atomic E-state index is 9.56. The smallest absolute Gasteiger partial charge is 0.191 e. The van der Waals surface area contributed by atoms with E-state index in [0.717, 1.165) is 18.1 Å². The van der Waals surface area contributed by atoms with E-state index in [1.165, 1.54) is 0 Å². The minimum absolute atomic E-state index is 0.0679. The third kappa shape index (κ3) is 6.40. The van der Waals surface area contributed by atoms with E-state index in [0.29, 0.717) is 6.54 Å². The molecular formula is C16H27N3OS. The van der Waals surface area contributed by atoms with Gasteiger partial charge in [0.25, 0.3) is 0 Å². The first-order valence-electron chi connectivity index (χ1n) is 7.18. The largest absolute Gasteiger partial charge is 0.396 e. The average Bonchev–Trinajstić information content (AvgIpc) is 2.52. The normalized spacial score (nSPS) is 13.9. The molecule has 0 fully saturated rings. The summed E-state index contributed by atoms with van der Waals surface area (Å²) in [5, 5.41) is 16.2. The Labute approximate surface area is 132 Å². The van der Waals surface area contributed by atoms with Crippen molar-refractivity contribution in [2.24, 2.45) is 4.99 Å². The molecule has 0 radical (unpaired) electrons. The summed E-state index contributed by atoms with van der Waals surface area (Å²) in [6.07, 6.45) is 2.11. The lowest BCUT2D eigenvalue weighted by molar-refractivity contribution is 0.265. The van der Waals surface area contributed by atoms with Crippen molar-refractivity contribution in [3.05, 3.63) is 35.9 Å². The molecule has 1 rings (SSSR count). The lowest BCUT2D eigenvalue weighted by Gasteiger charge is -2.24. The lowest BCUT2D eigenvalue weighted by atomic mass is 10.0. The van der Waals surface area contributed by atoms with Crippen molar-refractivity contribution in [1.82, 2.24) is 10.6 Å². The van der Waals surface area contributed by atoms with Gasteiger partial charge >= 0.3 is 0 Å². The highest BCUT2D eigenvalue weighted by Gasteiger charge is 2.16. The lowest BCUT2D eigenvalue weighted by Crippen LogP contribution is -2.44. The molecule has 0 aliphatic heterocycles. The van der Waals surface area contributed by atoms with Gasteiger partial charge in [-0.1, -0.05) is 30.3 Å². The highest BCUT2D eigenvalue weighted by Crippen LogP contribution is 2.19. The zero-order valence-electron chi connectivity index (χ0n) is 13.4. The number of thioether (sulfide) groups is 1. The first kappa shape index (κ1) is 17.9. The van der Waals surface area contributed by atoms with Gasteiger partial charge in [0.2, 0.25) is 0 Å². The molecule has 21 heavy (non-hydrogen) atoms. The molecule has 1 aromatic carbocycles. The molecule has 3 N–H and O–H groups in total. The molecule has 0 aliphatic rings. The number of nitrogens with one attached hydrogen (secondary N) is 2. The Hall–Kier alpha value is -1.20. The van der Waals surface area contributed by atoms with E-state index in [1.807, 2.05) is 42.1 Å². The summed E-state index contributed by atoms with van der Waals surface area (Å²) < 4.78 is 0.160. The zero-order valence-corrected chi connectivity index (χ0v) is 14.2. The standard InChI is InChI=1S/C16H27N3OS/c1-16(2,21-4)12-19-15(17-3)18-10-14(11-20)13-8-6-5-7-9-13/h5-9,14,20H,10-12H2,1-4H3,(H2,17,18,19). The molecular weight excluding hydrogens is 282 g/mol. The summed E-state index contributed by atoms with van der Waals surface area (Å²) in [4.78, 5) is 4.23. The van der Waals surface area contributed by atoms with E-state index in [1.54, 1.807) is 7.05 Å². The fourth-order valence-electron chi connectivity index (χ4n) is 1.82. The molecule has 0 amide bonds. The van der Waals surface area contributed by atoms with Gasteiger partial charge in [0.1, 0.15) is 0 Å². The predicted octanol–water partition coefficient (Wildman–Crippen LogP) is 2.07. The number of hydrogen-bond donors (Lipinski definition) is 3. The molecule has 1 aromatic rings. The number of hydrogen-bond acceptors (Lipinski definition) is 3. The second-order valence-corrected chi connectivity index (χ2v) is 7.07. The van der Waals surface area contributed by atoms with Crippen LogP contribution in [0.3, 0.4) is 0 Å². The Morgan fingerprint density at radius 1 is 1.29 bits per heavy atom. The number of aliphatic hydroxyl groups is 1. The van der Waals surface area contributed by atoms with Crippen molar-refractivity contribution in [3.63, 3.8) is 0 Å². The van der Waals surface area contributed by atoms with E-state index in [4.69, 9.17) is 0 Å². The predicted molar refractivity (Wildman–Crippen MR) is 93.2 cm³/mol. The molecule has 0 saturated heterocycles. The van der Waals surface area contributed by atoms with E-state index in [-0.39, 0.29) is 17.3 Å². The van der Waals surface area contributed by atoms with Crippen molar-refractivity contribution in [2.75, 3.05) is 33.0 Å². The van der Waals surface area contributed by atoms with Gasteiger partial charge in [-0.3, -0.25) is 4.99 Å². The van der Waals surface area contributed by atoms with E-state index < -0.39 is 0 Å². The van der Waals surface area contributed by atoms with Gasteiger partial charge in [-0.15, -0.1) is 0 Å². The maximum Gasteiger partial charge on any atom is 0.191 e. The van der Waals surface area contributed by atoms with Crippen LogP contribution in [0.25, 0.3) is 0 Å². The van der Waals surface area contributed by atoms with Crippen molar-refractivity contribution in [2.45, 2.75) is 24.5 Å². The van der Waals surface area contributed by atoms with Crippen LogP contribution in [0.2, 0.25) is 0 Å². The molecule has 1 unspecified atom stereocenters. The average molecular weight is 309 g/mol. The van der Waals surface area contributed by atoms with Crippen molar-refractivity contribution in [3.8, 4) is 0 Å². The number of aliphatic imine (C=N–C) groups is 1. The van der Waals surface area contributed by atoms with Gasteiger partial charge in [0, 0.05) is 30.8 Å². The zero-order chi connectivity index (χ0) is 15.7. The van der Waals surface area contributed by atoms with Crippen LogP contribution in [0.15, 0.2) is 35.3 Å². The Bertz CT molecular complexity index is 434. The molecule has 0 heterocycles. The summed E-state index contributed by atoms with van der Waals surface area (Å²) in [5.74, 6) is 0.838. The van der Waals surface area contributed by atoms with Crippen LogP contribution < -0.4 is 10.6 Å². The fraction of sp³-hybridized carbons (Fsp3) is 0.562. The summed E-state index contributed by atoms with van der Waals surface area (Å²) in [6, 6.07) is 10.0. The fourth-order valence-corrected chi connectivity index (χ4v) is 2.04. The van der Waals surface area contributed by atoms with Gasteiger partial charge in [0.05, 0.1) is 6.61 Å². The Morgan fingerprint density at radius 2 is 1.95 bits per heavy atom. The van der Waals surface area contributed by atoms with Crippen LogP contribution in [0.5, 0.6) is 0 Å². The molecule has 0 spiro atoms. The molecule has 0 aromatic heterocycles. The van der Waals surface area contributed by atoms with Crippen LogP contribution in [0.4, 0.5) is 0 Å². The Balaban J connectivity index is 2.51. The minimum atomic E-state index is 0.0679. The van der Waals surface area contributed by atoms with Crippen LogP contribution in [0.1, 0.15) is 25.3 Å². The quantitative estimate of drug-likeness (QED) is 0.533. The first-order chi connectivity index (χ1) is 10.0. The summed E-state index contributed by atoms with van der Waals surface area (Å²) in [5.41, 5.74) is 1.13. The second kappa shape index (κ2) is 8.95. The van der Waals surface area contributed by atoms with Crippen molar-refractivity contribution < 1.29 is 5.11 Å². The molecule has 0 saturated carbocycles. The van der Waals surface area contributed by atoms with Crippen LogP contribution in [0, 0.1) is 0 Å². The number of nitrogens with zero attached hydrogens (tertiary/aromatic N) is 1. The SMILES string of the molecule is CN=C(NCC(CO)c1ccccc1)NCC(C)(C)SC. The monoisotopic (exact) mass is 309 g/mol. The van der Waals surface area contributed by atoms with Gasteiger partial charge in [-0.25, -0.2) is 0 Å². The first-order valence-corrected chi connectivity index (χ1v) is 8.40. The molecule has 0 bridgehead atoms. The van der Waals surface area contributed by atoms with Gasteiger partial charge in [-0.2, -0.15) is 11.8 Å². The highest BCUT2D eigenvalue weighted by atomic mass is 32.2. The molecule has 1 atom stereocenters. The summed E-state index contributed by atoms with van der Waals surface area (Å²) in [6.45, 7) is 5.99. The van der Waals surface area contributed by atoms with Gasteiger partial charge < -0.3 is 15.7 Å². The van der Waals surface area contributed by atoms with E-state index in [9.17, 15) is 5.11 Å². The third-order valence-electron chi connectivity index (χ3n) is 3.47. The number of benzene rings is 1. The minimum Gasteiger partial charge on any atom is -0.396 e. The van der Waals surface area contributed by atoms with Crippen LogP contribution >= 0.6 is 11.8 Å². The van der Waals surface area contributed by atoms with E-state index >= 15 is 0 Å². The summed E-state index contributed by atoms with van der Waals surface area (Å²) >= 11 is 1.82. The molecule has 4 nitrogen and oxygen atoms in total. The van der Waals surface area contributed by atoms with Gasteiger partial charge in [-0.05, 0) is 25.7 Å². The molecule has 0 aliphatic carbocycles. The number of aliphatic hydroxyl groups excluding tert-OH is 1. The topological polar surface area (TPSA) is 56.7 Å². The Morgan fingerprint density at radius 3 is 2.48 bits per heavy atom. The third-order valence-corrected chi connectivity index (χ3v) is 4.71. The summed E-state index contributed by atoms with van der Waals surface area (Å²) in [7, 11) is 1.76. The maximum absolute atomic E-state index is 9.56. The van der Waals surface area contributed by atoms with Crippen LogP contribution in [-0.4, -0.2) is 48.8 Å². The Kier molecular flexibility index (Phi) is 7.61. The van der Waals surface area contributed by atoms with Crippen molar-refractivity contribution in [1.29, 1.82) is 0 Å². The van der Waals surface area contributed by atoms with Crippen LogP contribution in [-0.2, 0) is 0 Å². The van der Waals surface area contributed by atoms with Gasteiger partial charge in [0.15, 0.2) is 5.96 Å². The van der Waals surface area contributed by atoms with E-state index in [2.05, 4.69) is 35.7 Å². The number of guanidine groups is 1. The molecule has 5 heteroatoms. The second-order valence-electron chi connectivity index (χ2n) is 5.56. The number of rotatable bonds is 7. The van der Waals surface area contributed by atoms with Crippen molar-refractivity contribution >= 4 is 17.7 Å².